The molecule has 0 spiro atoms. The predicted octanol–water partition coefficient (Wildman–Crippen LogP) is 4.43. The van der Waals surface area contributed by atoms with E-state index in [0.717, 1.165) is 44.5 Å². The molecule has 0 unspecified atom stereocenters. The lowest BCUT2D eigenvalue weighted by Gasteiger charge is -2.28. The lowest BCUT2D eigenvalue weighted by Crippen LogP contribution is -2.40. The maximum atomic E-state index is 12.8. The van der Waals surface area contributed by atoms with Gasteiger partial charge in [0.05, 0.1) is 0 Å². The number of carbonyl (C=O) groups excluding carboxylic acids is 2. The highest BCUT2D eigenvalue weighted by Gasteiger charge is 2.47. The van der Waals surface area contributed by atoms with Gasteiger partial charge in [0.1, 0.15) is 5.60 Å². The molecule has 0 bridgehead atoms. The second-order valence-electron chi connectivity index (χ2n) is 9.61. The Labute approximate surface area is 168 Å². The molecule has 0 N–H and O–H groups in total. The molecule has 1 aromatic carbocycles. The first-order chi connectivity index (χ1) is 13.3. The van der Waals surface area contributed by atoms with E-state index in [9.17, 15) is 9.59 Å². The third kappa shape index (κ3) is 4.50. The van der Waals surface area contributed by atoms with Crippen LogP contribution in [0.2, 0.25) is 0 Å². The summed E-state index contributed by atoms with van der Waals surface area (Å²) in [5.41, 5.74) is 1.46. The summed E-state index contributed by atoms with van der Waals surface area (Å²) in [6, 6.07) is 8.21. The molecule has 1 heterocycles. The van der Waals surface area contributed by atoms with Crippen molar-refractivity contribution in [1.29, 1.82) is 0 Å². The number of likely N-dealkylation sites (tertiary alicyclic amines) is 1. The third-order valence-electron chi connectivity index (χ3n) is 5.89. The Bertz CT molecular complexity index is 744. The van der Waals surface area contributed by atoms with Crippen molar-refractivity contribution in [2.75, 3.05) is 19.6 Å². The number of amides is 2. The summed E-state index contributed by atoms with van der Waals surface area (Å²) in [4.78, 5) is 29.4. The number of nitrogens with zero attached hydrogens (tertiary/aromatic N) is 2. The Morgan fingerprint density at radius 2 is 1.89 bits per heavy atom. The standard InChI is InChI=1S/C23H32N2O3/c1-23(2,3)28-22(27)25(15-16-9-10-16)20-14-19(20)17-7-6-8-18(13-17)21(26)24-11-4-5-12-24/h6-8,13,16,19-20H,4-5,9-12,14-15H2,1-3H3/t19-,20+/m0/s1. The lowest BCUT2D eigenvalue weighted by atomic mass is 10.1. The summed E-state index contributed by atoms with van der Waals surface area (Å²) >= 11 is 0. The maximum absolute atomic E-state index is 12.8. The SMILES string of the molecule is CC(C)(C)OC(=O)N(CC1CC1)[C@@H]1C[C@H]1c1cccc(C(=O)N2CCCC2)c1. The predicted molar refractivity (Wildman–Crippen MR) is 108 cm³/mol. The molecular weight excluding hydrogens is 352 g/mol. The van der Waals surface area contributed by atoms with E-state index in [1.54, 1.807) is 0 Å². The number of carbonyl (C=O) groups is 2. The fraction of sp³-hybridized carbons (Fsp3) is 0.652. The van der Waals surface area contributed by atoms with Gasteiger partial charge in [0.25, 0.3) is 5.91 Å². The molecule has 152 valence electrons. The van der Waals surface area contributed by atoms with Gasteiger partial charge in [-0.1, -0.05) is 12.1 Å². The summed E-state index contributed by atoms with van der Waals surface area (Å²) in [5, 5.41) is 0. The zero-order chi connectivity index (χ0) is 19.9. The maximum Gasteiger partial charge on any atom is 0.410 e. The van der Waals surface area contributed by atoms with E-state index in [0.29, 0.717) is 11.8 Å². The van der Waals surface area contributed by atoms with Crippen molar-refractivity contribution < 1.29 is 14.3 Å². The highest BCUT2D eigenvalue weighted by molar-refractivity contribution is 5.94. The van der Waals surface area contributed by atoms with Crippen LogP contribution in [0.15, 0.2) is 24.3 Å². The molecule has 2 aliphatic carbocycles. The fourth-order valence-electron chi connectivity index (χ4n) is 4.13. The van der Waals surface area contributed by atoms with Crippen LogP contribution in [0.3, 0.4) is 0 Å². The minimum Gasteiger partial charge on any atom is -0.444 e. The monoisotopic (exact) mass is 384 g/mol. The molecule has 5 nitrogen and oxygen atoms in total. The van der Waals surface area contributed by atoms with Crippen LogP contribution < -0.4 is 0 Å². The first-order valence-corrected chi connectivity index (χ1v) is 10.7. The molecule has 3 aliphatic rings. The highest BCUT2D eigenvalue weighted by atomic mass is 16.6. The molecule has 2 amide bonds. The van der Waals surface area contributed by atoms with Crippen molar-refractivity contribution in [3.8, 4) is 0 Å². The van der Waals surface area contributed by atoms with E-state index in [4.69, 9.17) is 4.74 Å². The average molecular weight is 385 g/mol. The Hall–Kier alpha value is -2.04. The van der Waals surface area contributed by atoms with E-state index in [1.165, 1.54) is 18.4 Å². The minimum atomic E-state index is -0.481. The molecule has 2 saturated carbocycles. The zero-order valence-electron chi connectivity index (χ0n) is 17.3. The van der Waals surface area contributed by atoms with Crippen molar-refractivity contribution in [2.24, 2.45) is 5.92 Å². The normalized spacial score (nSPS) is 24.2. The van der Waals surface area contributed by atoms with Gasteiger partial charge in [-0.3, -0.25) is 4.79 Å². The number of hydrogen-bond donors (Lipinski definition) is 0. The van der Waals surface area contributed by atoms with Crippen LogP contribution in [0.1, 0.15) is 74.7 Å². The van der Waals surface area contributed by atoms with Crippen molar-refractivity contribution in [3.63, 3.8) is 0 Å². The van der Waals surface area contributed by atoms with Gasteiger partial charge >= 0.3 is 6.09 Å². The molecule has 1 aliphatic heterocycles. The largest absolute Gasteiger partial charge is 0.444 e. The summed E-state index contributed by atoms with van der Waals surface area (Å²) in [6.45, 7) is 8.27. The number of hydrogen-bond acceptors (Lipinski definition) is 3. The molecule has 1 aromatic rings. The van der Waals surface area contributed by atoms with Gasteiger partial charge in [-0.25, -0.2) is 4.79 Å². The topological polar surface area (TPSA) is 49.9 Å². The molecule has 4 rings (SSSR count). The highest BCUT2D eigenvalue weighted by Crippen LogP contribution is 2.47. The van der Waals surface area contributed by atoms with E-state index >= 15 is 0 Å². The van der Waals surface area contributed by atoms with Crippen molar-refractivity contribution >= 4 is 12.0 Å². The van der Waals surface area contributed by atoms with Crippen LogP contribution in [-0.4, -0.2) is 53.1 Å². The first-order valence-electron chi connectivity index (χ1n) is 10.7. The number of rotatable bonds is 5. The molecule has 0 aromatic heterocycles. The van der Waals surface area contributed by atoms with Gasteiger partial charge in [-0.2, -0.15) is 0 Å². The smallest absolute Gasteiger partial charge is 0.410 e. The second-order valence-corrected chi connectivity index (χ2v) is 9.61. The summed E-state index contributed by atoms with van der Waals surface area (Å²) in [7, 11) is 0. The number of ether oxygens (including phenoxy) is 1. The minimum absolute atomic E-state index is 0.138. The van der Waals surface area contributed by atoms with Crippen LogP contribution >= 0.6 is 0 Å². The van der Waals surface area contributed by atoms with Gasteiger partial charge in [-0.05, 0) is 76.5 Å². The van der Waals surface area contributed by atoms with Gasteiger partial charge in [0.2, 0.25) is 0 Å². The van der Waals surface area contributed by atoms with E-state index in [1.807, 2.05) is 48.8 Å². The Balaban J connectivity index is 1.46. The molecule has 1 saturated heterocycles. The van der Waals surface area contributed by atoms with Gasteiger partial charge in [-0.15, -0.1) is 0 Å². The molecule has 5 heteroatoms. The van der Waals surface area contributed by atoms with Crippen LogP contribution in [0.5, 0.6) is 0 Å². The van der Waals surface area contributed by atoms with Crippen LogP contribution in [0.4, 0.5) is 4.79 Å². The molecule has 28 heavy (non-hydrogen) atoms. The molecule has 3 fully saturated rings. The van der Waals surface area contributed by atoms with Gasteiger partial charge in [0.15, 0.2) is 0 Å². The Morgan fingerprint density at radius 1 is 1.18 bits per heavy atom. The lowest BCUT2D eigenvalue weighted by molar-refractivity contribution is 0.0220. The van der Waals surface area contributed by atoms with E-state index < -0.39 is 5.60 Å². The van der Waals surface area contributed by atoms with Crippen LogP contribution in [0, 0.1) is 5.92 Å². The molecule has 0 radical (unpaired) electrons. The quantitative estimate of drug-likeness (QED) is 0.755. The summed E-state index contributed by atoms with van der Waals surface area (Å²) < 4.78 is 5.67. The fourth-order valence-corrected chi connectivity index (χ4v) is 4.13. The van der Waals surface area contributed by atoms with Gasteiger partial charge in [0, 0.05) is 37.2 Å². The van der Waals surface area contributed by atoms with Crippen molar-refractivity contribution in [3.05, 3.63) is 35.4 Å². The molecular formula is C23H32N2O3. The van der Waals surface area contributed by atoms with Crippen molar-refractivity contribution in [1.82, 2.24) is 9.80 Å². The van der Waals surface area contributed by atoms with Gasteiger partial charge < -0.3 is 14.5 Å². The first kappa shape index (κ1) is 19.3. The second kappa shape index (κ2) is 7.41. The summed E-state index contributed by atoms with van der Waals surface area (Å²) in [6.07, 6.45) is 5.36. The molecule has 2 atom stereocenters. The van der Waals surface area contributed by atoms with Crippen molar-refractivity contribution in [2.45, 2.75) is 70.4 Å². The van der Waals surface area contributed by atoms with Crippen LogP contribution in [0.25, 0.3) is 0 Å². The Kier molecular flexibility index (Phi) is 5.11. The average Bonchev–Trinajstić information content (AvgIpc) is 3.55. The number of benzene rings is 1. The van der Waals surface area contributed by atoms with E-state index in [2.05, 4.69) is 6.07 Å². The zero-order valence-corrected chi connectivity index (χ0v) is 17.3. The third-order valence-corrected chi connectivity index (χ3v) is 5.89. The Morgan fingerprint density at radius 3 is 2.54 bits per heavy atom. The van der Waals surface area contributed by atoms with Crippen LogP contribution in [-0.2, 0) is 4.74 Å². The summed E-state index contributed by atoms with van der Waals surface area (Å²) in [5.74, 6) is 1.06. The van der Waals surface area contributed by atoms with E-state index in [-0.39, 0.29) is 18.0 Å².